The van der Waals surface area contributed by atoms with E-state index in [9.17, 15) is 18.4 Å². The average molecular weight is 272 g/mol. The first kappa shape index (κ1) is 14.9. The van der Waals surface area contributed by atoms with Crippen LogP contribution in [0, 0.1) is 11.6 Å². The molecule has 1 aromatic carbocycles. The van der Waals surface area contributed by atoms with Crippen molar-refractivity contribution in [3.05, 3.63) is 29.3 Å². The number of hydrogen-bond acceptors (Lipinski definition) is 3. The monoisotopic (exact) mass is 272 g/mol. The molecule has 1 aromatic rings. The van der Waals surface area contributed by atoms with Gasteiger partial charge in [-0.15, -0.1) is 0 Å². The summed E-state index contributed by atoms with van der Waals surface area (Å²) in [5, 5.41) is 2.45. The van der Waals surface area contributed by atoms with Gasteiger partial charge >= 0.3 is 6.09 Å². The Morgan fingerprint density at radius 1 is 1.21 bits per heavy atom. The van der Waals surface area contributed by atoms with E-state index in [-0.39, 0.29) is 5.75 Å². The predicted molar refractivity (Wildman–Crippen MR) is 63.8 cm³/mol. The molecular formula is C12H14F2N2O3. The third-order valence-electron chi connectivity index (χ3n) is 1.95. The number of halogens is 2. The van der Waals surface area contributed by atoms with Crippen molar-refractivity contribution in [1.82, 2.24) is 5.32 Å². The first-order chi connectivity index (χ1) is 8.60. The fourth-order valence-corrected chi connectivity index (χ4v) is 1.28. The van der Waals surface area contributed by atoms with E-state index in [0.29, 0.717) is 12.1 Å². The van der Waals surface area contributed by atoms with Crippen LogP contribution in [-0.2, 0) is 0 Å². The van der Waals surface area contributed by atoms with Crippen molar-refractivity contribution >= 4 is 12.0 Å². The molecule has 104 valence electrons. The summed E-state index contributed by atoms with van der Waals surface area (Å²) in [5.74, 6) is -3.97. The lowest BCUT2D eigenvalue weighted by Crippen LogP contribution is -2.42. The second kappa shape index (κ2) is 5.21. The number of primary amides is 1. The number of carbonyl (C=O) groups excluding carboxylic acids is 2. The van der Waals surface area contributed by atoms with Crippen molar-refractivity contribution < 1.29 is 23.1 Å². The number of nitrogens with two attached hydrogens (primary N) is 1. The zero-order valence-corrected chi connectivity index (χ0v) is 10.7. The number of ether oxygens (including phenoxy) is 1. The summed E-state index contributed by atoms with van der Waals surface area (Å²) >= 11 is 0. The lowest BCUT2D eigenvalue weighted by Gasteiger charge is -2.19. The van der Waals surface area contributed by atoms with E-state index < -0.39 is 34.7 Å². The highest BCUT2D eigenvalue weighted by Gasteiger charge is 2.19. The van der Waals surface area contributed by atoms with Crippen molar-refractivity contribution in [3.8, 4) is 5.75 Å². The summed E-state index contributed by atoms with van der Waals surface area (Å²) in [6.07, 6.45) is -0.863. The molecule has 0 atom stereocenters. The Morgan fingerprint density at radius 2 is 1.68 bits per heavy atom. The third kappa shape index (κ3) is 4.20. The molecule has 0 saturated carbocycles. The number of hydrogen-bond donors (Lipinski definition) is 2. The lowest BCUT2D eigenvalue weighted by atomic mass is 10.1. The van der Waals surface area contributed by atoms with E-state index in [0.717, 1.165) is 0 Å². The highest BCUT2D eigenvalue weighted by Crippen LogP contribution is 2.20. The number of benzene rings is 1. The van der Waals surface area contributed by atoms with Gasteiger partial charge in [0, 0.05) is 17.7 Å². The quantitative estimate of drug-likeness (QED) is 0.863. The number of nitrogens with one attached hydrogen (secondary N) is 1. The Hall–Kier alpha value is -2.18. The van der Waals surface area contributed by atoms with Gasteiger partial charge in [0.2, 0.25) is 0 Å². The number of carbonyl (C=O) groups is 2. The average Bonchev–Trinajstić information content (AvgIpc) is 2.10. The Bertz CT molecular complexity index is 501. The summed E-state index contributed by atoms with van der Waals surface area (Å²) in [5.41, 5.74) is 3.39. The fourth-order valence-electron chi connectivity index (χ4n) is 1.28. The molecule has 0 spiro atoms. The van der Waals surface area contributed by atoms with Gasteiger partial charge in [0.25, 0.3) is 5.91 Å². The summed E-state index contributed by atoms with van der Waals surface area (Å²) in [6, 6.07) is 1.43. The van der Waals surface area contributed by atoms with Gasteiger partial charge in [-0.25, -0.2) is 13.6 Å². The molecule has 0 bridgehead atoms. The van der Waals surface area contributed by atoms with Crippen molar-refractivity contribution in [2.24, 2.45) is 5.73 Å². The van der Waals surface area contributed by atoms with Gasteiger partial charge in [-0.05, 0) is 20.8 Å². The fraction of sp³-hybridized carbons (Fsp3) is 0.333. The zero-order valence-electron chi connectivity index (χ0n) is 10.7. The van der Waals surface area contributed by atoms with Crippen LogP contribution < -0.4 is 15.8 Å². The van der Waals surface area contributed by atoms with Crippen LogP contribution in [0.2, 0.25) is 0 Å². The molecule has 0 aliphatic rings. The molecule has 0 saturated heterocycles. The molecule has 19 heavy (non-hydrogen) atoms. The van der Waals surface area contributed by atoms with E-state index in [2.05, 4.69) is 5.32 Å². The standard InChI is InChI=1S/C12H14F2N2O3/c1-12(2,3)16-11(18)19-6-4-7(13)9(10(15)17)8(14)5-6/h4-5H,1-3H3,(H2,15,17)(H,16,18). The molecule has 7 heteroatoms. The molecule has 0 fully saturated rings. The van der Waals surface area contributed by atoms with E-state index in [1.807, 2.05) is 0 Å². The minimum absolute atomic E-state index is 0.359. The summed E-state index contributed by atoms with van der Waals surface area (Å²) < 4.78 is 31.5. The van der Waals surface area contributed by atoms with Crippen molar-refractivity contribution in [2.75, 3.05) is 0 Å². The highest BCUT2D eigenvalue weighted by atomic mass is 19.1. The first-order valence-electron chi connectivity index (χ1n) is 5.39. The van der Waals surface area contributed by atoms with Crippen LogP contribution in [0.25, 0.3) is 0 Å². The van der Waals surface area contributed by atoms with Crippen LogP contribution in [0.3, 0.4) is 0 Å². The Morgan fingerprint density at radius 3 is 2.05 bits per heavy atom. The Kier molecular flexibility index (Phi) is 4.08. The predicted octanol–water partition coefficient (Wildman–Crippen LogP) is 1.95. The molecule has 0 aromatic heterocycles. The van der Waals surface area contributed by atoms with Gasteiger partial charge in [-0.3, -0.25) is 4.79 Å². The molecular weight excluding hydrogens is 258 g/mol. The Balaban J connectivity index is 2.93. The summed E-state index contributed by atoms with van der Waals surface area (Å²) in [7, 11) is 0. The second-order valence-corrected chi connectivity index (χ2v) is 4.89. The summed E-state index contributed by atoms with van der Waals surface area (Å²) in [4.78, 5) is 22.2. The molecule has 2 amide bonds. The minimum atomic E-state index is -1.24. The van der Waals surface area contributed by atoms with Crippen LogP contribution in [-0.4, -0.2) is 17.5 Å². The maximum Gasteiger partial charge on any atom is 0.413 e. The molecule has 0 heterocycles. The highest BCUT2D eigenvalue weighted by molar-refractivity contribution is 5.93. The molecule has 5 nitrogen and oxygen atoms in total. The van der Waals surface area contributed by atoms with Crippen molar-refractivity contribution in [3.63, 3.8) is 0 Å². The second-order valence-electron chi connectivity index (χ2n) is 4.89. The van der Waals surface area contributed by atoms with E-state index >= 15 is 0 Å². The Labute approximate surface area is 108 Å². The van der Waals surface area contributed by atoms with Crippen LogP contribution in [0.15, 0.2) is 12.1 Å². The molecule has 0 aliphatic carbocycles. The molecule has 0 aliphatic heterocycles. The largest absolute Gasteiger partial charge is 0.413 e. The smallest absolute Gasteiger partial charge is 0.410 e. The molecule has 3 N–H and O–H groups in total. The number of rotatable bonds is 2. The van der Waals surface area contributed by atoms with Crippen LogP contribution in [0.1, 0.15) is 31.1 Å². The van der Waals surface area contributed by atoms with Crippen molar-refractivity contribution in [1.29, 1.82) is 0 Å². The number of amides is 2. The van der Waals surface area contributed by atoms with Gasteiger partial charge in [-0.2, -0.15) is 0 Å². The van der Waals surface area contributed by atoms with Crippen LogP contribution in [0.5, 0.6) is 5.75 Å². The van der Waals surface area contributed by atoms with Gasteiger partial charge < -0.3 is 15.8 Å². The third-order valence-corrected chi connectivity index (χ3v) is 1.95. The van der Waals surface area contributed by atoms with Gasteiger partial charge in [0.1, 0.15) is 22.9 Å². The molecule has 1 rings (SSSR count). The van der Waals surface area contributed by atoms with E-state index in [1.54, 1.807) is 20.8 Å². The zero-order chi connectivity index (χ0) is 14.8. The minimum Gasteiger partial charge on any atom is -0.410 e. The SMILES string of the molecule is CC(C)(C)NC(=O)Oc1cc(F)c(C(N)=O)c(F)c1. The van der Waals surface area contributed by atoms with Gasteiger partial charge in [0.15, 0.2) is 0 Å². The van der Waals surface area contributed by atoms with E-state index in [1.165, 1.54) is 0 Å². The van der Waals surface area contributed by atoms with Crippen molar-refractivity contribution in [2.45, 2.75) is 26.3 Å². The van der Waals surface area contributed by atoms with Crippen LogP contribution in [0.4, 0.5) is 13.6 Å². The first-order valence-corrected chi connectivity index (χ1v) is 5.39. The summed E-state index contributed by atoms with van der Waals surface area (Å²) in [6.45, 7) is 5.14. The topological polar surface area (TPSA) is 81.4 Å². The van der Waals surface area contributed by atoms with E-state index in [4.69, 9.17) is 10.5 Å². The maximum atomic E-state index is 13.4. The molecule has 0 radical (unpaired) electrons. The normalized spacial score (nSPS) is 11.0. The lowest BCUT2D eigenvalue weighted by molar-refractivity contribution is 0.0992. The van der Waals surface area contributed by atoms with Gasteiger partial charge in [-0.1, -0.05) is 0 Å². The van der Waals surface area contributed by atoms with Crippen LogP contribution >= 0.6 is 0 Å². The maximum absolute atomic E-state index is 13.4. The molecule has 0 unspecified atom stereocenters. The van der Waals surface area contributed by atoms with Gasteiger partial charge in [0.05, 0.1) is 0 Å².